The van der Waals surface area contributed by atoms with Crippen LogP contribution in [0.1, 0.15) is 12.5 Å². The lowest BCUT2D eigenvalue weighted by Gasteiger charge is -2.36. The van der Waals surface area contributed by atoms with Crippen LogP contribution in [0.15, 0.2) is 30.3 Å². The maximum Gasteiger partial charge on any atom is 0.0234 e. The molecule has 1 aliphatic heterocycles. The fraction of sp³-hybridized carbons (Fsp3) is 0.625. The summed E-state index contributed by atoms with van der Waals surface area (Å²) in [6.07, 6.45) is 0. The van der Waals surface area contributed by atoms with E-state index in [1.54, 1.807) is 0 Å². The normalized spacial score (nSPS) is 19.5. The molecule has 1 fully saturated rings. The molecule has 19 heavy (non-hydrogen) atoms. The van der Waals surface area contributed by atoms with E-state index in [0.29, 0.717) is 0 Å². The van der Waals surface area contributed by atoms with Gasteiger partial charge in [0.1, 0.15) is 0 Å². The average molecular weight is 261 g/mol. The van der Waals surface area contributed by atoms with Gasteiger partial charge in [-0.2, -0.15) is 0 Å². The zero-order chi connectivity index (χ0) is 13.5. The molecule has 3 heteroatoms. The molecule has 0 aromatic heterocycles. The van der Waals surface area contributed by atoms with Crippen LogP contribution in [0.3, 0.4) is 0 Å². The Balaban J connectivity index is 1.70. The lowest BCUT2D eigenvalue weighted by Crippen LogP contribution is -2.47. The molecule has 1 atom stereocenters. The van der Waals surface area contributed by atoms with Gasteiger partial charge in [-0.3, -0.25) is 4.90 Å². The number of rotatable bonds is 6. The van der Waals surface area contributed by atoms with Crippen molar-refractivity contribution in [1.82, 2.24) is 15.1 Å². The Morgan fingerprint density at radius 3 is 2.32 bits per heavy atom. The van der Waals surface area contributed by atoms with Crippen molar-refractivity contribution in [3.63, 3.8) is 0 Å². The zero-order valence-corrected chi connectivity index (χ0v) is 12.3. The van der Waals surface area contributed by atoms with E-state index in [2.05, 4.69) is 52.4 Å². The summed E-state index contributed by atoms with van der Waals surface area (Å²) >= 11 is 0. The van der Waals surface area contributed by atoms with Gasteiger partial charge in [-0.05, 0) is 25.1 Å². The molecule has 1 unspecified atom stereocenters. The second kappa shape index (κ2) is 7.63. The smallest absolute Gasteiger partial charge is 0.0234 e. The molecule has 1 aromatic carbocycles. The van der Waals surface area contributed by atoms with Crippen LogP contribution in [0, 0.1) is 5.92 Å². The summed E-state index contributed by atoms with van der Waals surface area (Å²) in [5.74, 6) is 0.741. The van der Waals surface area contributed by atoms with Gasteiger partial charge in [-0.25, -0.2) is 0 Å². The molecule has 0 radical (unpaired) electrons. The number of nitrogens with zero attached hydrogens (tertiary/aromatic N) is 2. The Morgan fingerprint density at radius 1 is 1.05 bits per heavy atom. The Hall–Kier alpha value is -0.900. The molecule has 106 valence electrons. The summed E-state index contributed by atoms with van der Waals surface area (Å²) in [6, 6.07) is 10.8. The minimum atomic E-state index is 0.741. The maximum absolute atomic E-state index is 3.26. The molecule has 0 aliphatic carbocycles. The third-order valence-electron chi connectivity index (χ3n) is 3.84. The summed E-state index contributed by atoms with van der Waals surface area (Å²) in [7, 11) is 2.04. The van der Waals surface area contributed by atoms with Crippen molar-refractivity contribution in [2.75, 3.05) is 46.3 Å². The van der Waals surface area contributed by atoms with Crippen LogP contribution in [-0.2, 0) is 6.54 Å². The van der Waals surface area contributed by atoms with E-state index in [0.717, 1.165) is 19.0 Å². The molecule has 1 aliphatic rings. The highest BCUT2D eigenvalue weighted by molar-refractivity contribution is 5.14. The second-order valence-electron chi connectivity index (χ2n) is 5.73. The number of hydrogen-bond acceptors (Lipinski definition) is 3. The molecule has 1 aromatic rings. The Kier molecular flexibility index (Phi) is 5.83. The van der Waals surface area contributed by atoms with Crippen LogP contribution in [-0.4, -0.2) is 56.1 Å². The first-order chi connectivity index (χ1) is 9.28. The van der Waals surface area contributed by atoms with E-state index >= 15 is 0 Å². The first-order valence-corrected chi connectivity index (χ1v) is 7.41. The molecule has 0 amide bonds. The second-order valence-corrected chi connectivity index (χ2v) is 5.73. The summed E-state index contributed by atoms with van der Waals surface area (Å²) in [5.41, 5.74) is 1.43. The average Bonchev–Trinajstić information content (AvgIpc) is 2.42. The lowest BCUT2D eigenvalue weighted by atomic mass is 10.1. The molecule has 1 heterocycles. The number of hydrogen-bond donors (Lipinski definition) is 1. The molecule has 2 rings (SSSR count). The van der Waals surface area contributed by atoms with E-state index < -0.39 is 0 Å². The van der Waals surface area contributed by atoms with E-state index in [1.807, 2.05) is 7.05 Å². The zero-order valence-electron chi connectivity index (χ0n) is 12.3. The molecular weight excluding hydrogens is 234 g/mol. The Morgan fingerprint density at radius 2 is 1.68 bits per heavy atom. The van der Waals surface area contributed by atoms with Gasteiger partial charge in [-0.1, -0.05) is 37.3 Å². The van der Waals surface area contributed by atoms with Crippen molar-refractivity contribution >= 4 is 0 Å². The number of piperazine rings is 1. The molecule has 0 bridgehead atoms. The Labute approximate surface area is 117 Å². The number of nitrogens with one attached hydrogen (secondary N) is 1. The monoisotopic (exact) mass is 261 g/mol. The standard InChI is InChI=1S/C16H27N3/c1-15(12-17-2)13-18-8-10-19(11-9-18)14-16-6-4-3-5-7-16/h3-7,15,17H,8-14H2,1-2H3. The summed E-state index contributed by atoms with van der Waals surface area (Å²) < 4.78 is 0. The Bertz CT molecular complexity index is 344. The quantitative estimate of drug-likeness (QED) is 0.840. The molecule has 3 nitrogen and oxygen atoms in total. The maximum atomic E-state index is 3.26. The lowest BCUT2D eigenvalue weighted by molar-refractivity contribution is 0.115. The fourth-order valence-corrected chi connectivity index (χ4v) is 2.83. The van der Waals surface area contributed by atoms with Gasteiger partial charge in [0.15, 0.2) is 0 Å². The van der Waals surface area contributed by atoms with Crippen LogP contribution < -0.4 is 5.32 Å². The van der Waals surface area contributed by atoms with Crippen molar-refractivity contribution in [3.8, 4) is 0 Å². The molecule has 1 saturated heterocycles. The van der Waals surface area contributed by atoms with Gasteiger partial charge in [0.25, 0.3) is 0 Å². The highest BCUT2D eigenvalue weighted by atomic mass is 15.3. The van der Waals surface area contributed by atoms with Crippen LogP contribution >= 0.6 is 0 Å². The van der Waals surface area contributed by atoms with Crippen LogP contribution in [0.4, 0.5) is 0 Å². The third-order valence-corrected chi connectivity index (χ3v) is 3.84. The van der Waals surface area contributed by atoms with Crippen molar-refractivity contribution in [2.45, 2.75) is 13.5 Å². The minimum absolute atomic E-state index is 0.741. The largest absolute Gasteiger partial charge is 0.319 e. The van der Waals surface area contributed by atoms with Gasteiger partial charge >= 0.3 is 0 Å². The summed E-state index contributed by atoms with van der Waals surface area (Å²) in [6.45, 7) is 10.6. The minimum Gasteiger partial charge on any atom is -0.319 e. The van der Waals surface area contributed by atoms with Gasteiger partial charge in [-0.15, -0.1) is 0 Å². The topological polar surface area (TPSA) is 18.5 Å². The van der Waals surface area contributed by atoms with Crippen LogP contribution in [0.2, 0.25) is 0 Å². The molecule has 0 spiro atoms. The van der Waals surface area contributed by atoms with E-state index in [1.165, 1.54) is 38.3 Å². The number of benzene rings is 1. The van der Waals surface area contributed by atoms with E-state index in [9.17, 15) is 0 Å². The van der Waals surface area contributed by atoms with Gasteiger partial charge in [0, 0.05) is 39.3 Å². The van der Waals surface area contributed by atoms with Gasteiger partial charge < -0.3 is 10.2 Å². The van der Waals surface area contributed by atoms with E-state index in [4.69, 9.17) is 0 Å². The SMILES string of the molecule is CNCC(C)CN1CCN(Cc2ccccc2)CC1. The van der Waals surface area contributed by atoms with Crippen molar-refractivity contribution in [1.29, 1.82) is 0 Å². The van der Waals surface area contributed by atoms with Crippen LogP contribution in [0.5, 0.6) is 0 Å². The molecule has 1 N–H and O–H groups in total. The molecular formula is C16H27N3. The predicted octanol–water partition coefficient (Wildman–Crippen LogP) is 1.66. The summed E-state index contributed by atoms with van der Waals surface area (Å²) in [4.78, 5) is 5.16. The van der Waals surface area contributed by atoms with Gasteiger partial charge in [0.05, 0.1) is 0 Å². The summed E-state index contributed by atoms with van der Waals surface area (Å²) in [5, 5.41) is 3.26. The molecule has 0 saturated carbocycles. The van der Waals surface area contributed by atoms with Gasteiger partial charge in [0.2, 0.25) is 0 Å². The van der Waals surface area contributed by atoms with Crippen LogP contribution in [0.25, 0.3) is 0 Å². The van der Waals surface area contributed by atoms with E-state index in [-0.39, 0.29) is 0 Å². The third kappa shape index (κ3) is 4.94. The fourth-order valence-electron chi connectivity index (χ4n) is 2.83. The predicted molar refractivity (Wildman–Crippen MR) is 81.2 cm³/mol. The highest BCUT2D eigenvalue weighted by Gasteiger charge is 2.18. The first kappa shape index (κ1) is 14.5. The highest BCUT2D eigenvalue weighted by Crippen LogP contribution is 2.09. The first-order valence-electron chi connectivity index (χ1n) is 7.41. The van der Waals surface area contributed by atoms with Crippen molar-refractivity contribution in [3.05, 3.63) is 35.9 Å². The van der Waals surface area contributed by atoms with Crippen molar-refractivity contribution in [2.24, 2.45) is 5.92 Å². The van der Waals surface area contributed by atoms with Crippen molar-refractivity contribution < 1.29 is 0 Å².